The molecule has 0 heterocycles. The largest absolute Gasteiger partial charge is 0.469 e. The minimum atomic E-state index is -0.111. The molecule has 18 heavy (non-hydrogen) atoms. The van der Waals surface area contributed by atoms with Crippen molar-refractivity contribution in [2.24, 2.45) is 11.8 Å². The summed E-state index contributed by atoms with van der Waals surface area (Å²) in [5.41, 5.74) is 0. The fraction of sp³-hybridized carbons (Fsp3) is 0.857. The molecule has 0 saturated heterocycles. The standard InChI is InChI=1S/C14H25NO3/c1-4-10(5-2)13(16)15-12-8-6-11(7-9-12)14(17)18-3/h10-12H,4-9H2,1-3H3,(H,15,16). The van der Waals surface area contributed by atoms with Crippen LogP contribution in [0.1, 0.15) is 52.4 Å². The number of carbonyl (C=O) groups excluding carboxylic acids is 2. The minimum Gasteiger partial charge on any atom is -0.469 e. The summed E-state index contributed by atoms with van der Waals surface area (Å²) in [6, 6.07) is 0.235. The number of methoxy groups -OCH3 is 1. The number of hydrogen-bond donors (Lipinski definition) is 1. The molecule has 0 bridgehead atoms. The Balaban J connectivity index is 2.35. The van der Waals surface area contributed by atoms with E-state index in [9.17, 15) is 9.59 Å². The molecule has 0 aromatic rings. The number of ether oxygens (including phenoxy) is 1. The number of nitrogens with one attached hydrogen (secondary N) is 1. The second kappa shape index (κ2) is 7.39. The van der Waals surface area contributed by atoms with Gasteiger partial charge in [0, 0.05) is 12.0 Å². The monoisotopic (exact) mass is 255 g/mol. The molecule has 1 N–H and O–H groups in total. The van der Waals surface area contributed by atoms with Crippen LogP contribution in [0.5, 0.6) is 0 Å². The Morgan fingerprint density at radius 1 is 1.17 bits per heavy atom. The Bertz CT molecular complexity index is 279. The van der Waals surface area contributed by atoms with E-state index in [0.717, 1.165) is 38.5 Å². The van der Waals surface area contributed by atoms with Gasteiger partial charge in [-0.15, -0.1) is 0 Å². The van der Waals surface area contributed by atoms with Gasteiger partial charge in [-0.3, -0.25) is 9.59 Å². The predicted molar refractivity (Wildman–Crippen MR) is 70.0 cm³/mol. The molecule has 4 nitrogen and oxygen atoms in total. The second-order valence-corrected chi connectivity index (χ2v) is 5.09. The van der Waals surface area contributed by atoms with Crippen molar-refractivity contribution < 1.29 is 14.3 Å². The van der Waals surface area contributed by atoms with Gasteiger partial charge in [-0.2, -0.15) is 0 Å². The fourth-order valence-electron chi connectivity index (χ4n) is 2.62. The molecule has 104 valence electrons. The van der Waals surface area contributed by atoms with E-state index in [2.05, 4.69) is 5.32 Å². The highest BCUT2D eigenvalue weighted by Crippen LogP contribution is 2.25. The number of rotatable bonds is 5. The second-order valence-electron chi connectivity index (χ2n) is 5.09. The Morgan fingerprint density at radius 2 is 1.72 bits per heavy atom. The van der Waals surface area contributed by atoms with Gasteiger partial charge in [0.15, 0.2) is 0 Å². The zero-order valence-corrected chi connectivity index (χ0v) is 11.7. The maximum absolute atomic E-state index is 11.9. The number of carbonyl (C=O) groups is 2. The Hall–Kier alpha value is -1.06. The van der Waals surface area contributed by atoms with Gasteiger partial charge in [-0.1, -0.05) is 13.8 Å². The maximum Gasteiger partial charge on any atom is 0.308 e. The average molecular weight is 255 g/mol. The summed E-state index contributed by atoms with van der Waals surface area (Å²) in [4.78, 5) is 23.3. The normalized spacial score (nSPS) is 23.8. The molecular formula is C14H25NO3. The lowest BCUT2D eigenvalue weighted by Crippen LogP contribution is -2.41. The molecule has 4 heteroatoms. The Labute approximate surface area is 109 Å². The van der Waals surface area contributed by atoms with Gasteiger partial charge in [0.05, 0.1) is 13.0 Å². The van der Waals surface area contributed by atoms with Crippen molar-refractivity contribution in [3.8, 4) is 0 Å². The molecule has 0 aliphatic heterocycles. The van der Waals surface area contributed by atoms with E-state index in [-0.39, 0.29) is 29.8 Å². The number of esters is 1. The highest BCUT2D eigenvalue weighted by atomic mass is 16.5. The van der Waals surface area contributed by atoms with Crippen molar-refractivity contribution in [3.63, 3.8) is 0 Å². The molecule has 1 aliphatic rings. The van der Waals surface area contributed by atoms with Gasteiger partial charge >= 0.3 is 5.97 Å². The van der Waals surface area contributed by atoms with E-state index in [1.165, 1.54) is 7.11 Å². The molecule has 0 aromatic heterocycles. The van der Waals surface area contributed by atoms with Crippen LogP contribution in [0.25, 0.3) is 0 Å². The van der Waals surface area contributed by atoms with Crippen LogP contribution in [0.4, 0.5) is 0 Å². The van der Waals surface area contributed by atoms with Crippen LogP contribution in [0.2, 0.25) is 0 Å². The Morgan fingerprint density at radius 3 is 2.17 bits per heavy atom. The molecule has 1 fully saturated rings. The van der Waals surface area contributed by atoms with Gasteiger partial charge in [0.2, 0.25) is 5.91 Å². The van der Waals surface area contributed by atoms with Gasteiger partial charge in [0.1, 0.15) is 0 Å². The van der Waals surface area contributed by atoms with Gasteiger partial charge < -0.3 is 10.1 Å². The van der Waals surface area contributed by atoms with Crippen LogP contribution in [0.15, 0.2) is 0 Å². The summed E-state index contributed by atoms with van der Waals surface area (Å²) in [7, 11) is 1.43. The van der Waals surface area contributed by atoms with Crippen molar-refractivity contribution >= 4 is 11.9 Å². The molecule has 1 saturated carbocycles. The van der Waals surface area contributed by atoms with E-state index in [4.69, 9.17) is 4.74 Å². The predicted octanol–water partition coefficient (Wildman–Crippen LogP) is 2.27. The first-order chi connectivity index (χ1) is 8.62. The maximum atomic E-state index is 11.9. The average Bonchev–Trinajstić information content (AvgIpc) is 2.40. The molecule has 0 unspecified atom stereocenters. The molecule has 1 amide bonds. The zero-order valence-electron chi connectivity index (χ0n) is 11.7. The van der Waals surface area contributed by atoms with E-state index in [1.54, 1.807) is 0 Å². The van der Waals surface area contributed by atoms with Gasteiger partial charge in [0.25, 0.3) is 0 Å². The smallest absolute Gasteiger partial charge is 0.308 e. The van der Waals surface area contributed by atoms with E-state index in [0.29, 0.717) is 0 Å². The minimum absolute atomic E-state index is 0.0244. The van der Waals surface area contributed by atoms with Crippen molar-refractivity contribution in [1.29, 1.82) is 0 Å². The molecule has 1 rings (SSSR count). The lowest BCUT2D eigenvalue weighted by molar-refractivity contribution is -0.146. The van der Waals surface area contributed by atoms with Crippen molar-refractivity contribution in [1.82, 2.24) is 5.32 Å². The summed E-state index contributed by atoms with van der Waals surface area (Å²) in [6.45, 7) is 4.09. The lowest BCUT2D eigenvalue weighted by Gasteiger charge is -2.28. The van der Waals surface area contributed by atoms with Gasteiger partial charge in [-0.25, -0.2) is 0 Å². The SMILES string of the molecule is CCC(CC)C(=O)NC1CCC(C(=O)OC)CC1. The van der Waals surface area contributed by atoms with Crippen molar-refractivity contribution in [2.45, 2.75) is 58.4 Å². The third-order valence-electron chi connectivity index (χ3n) is 3.96. The third-order valence-corrected chi connectivity index (χ3v) is 3.96. The van der Waals surface area contributed by atoms with Crippen LogP contribution in [0.3, 0.4) is 0 Å². The molecule has 0 spiro atoms. The zero-order chi connectivity index (χ0) is 13.5. The van der Waals surface area contributed by atoms with Crippen LogP contribution in [0, 0.1) is 11.8 Å². The molecule has 0 aromatic carbocycles. The molecular weight excluding hydrogens is 230 g/mol. The summed E-state index contributed by atoms with van der Waals surface area (Å²) in [6.07, 6.45) is 5.18. The molecule has 1 aliphatic carbocycles. The van der Waals surface area contributed by atoms with Crippen LogP contribution < -0.4 is 5.32 Å². The fourth-order valence-corrected chi connectivity index (χ4v) is 2.62. The van der Waals surface area contributed by atoms with Crippen molar-refractivity contribution in [2.75, 3.05) is 7.11 Å². The quantitative estimate of drug-likeness (QED) is 0.767. The number of amides is 1. The van der Waals surface area contributed by atoms with Crippen molar-refractivity contribution in [3.05, 3.63) is 0 Å². The summed E-state index contributed by atoms with van der Waals surface area (Å²) < 4.78 is 4.75. The Kier molecular flexibility index (Phi) is 6.16. The summed E-state index contributed by atoms with van der Waals surface area (Å²) in [5.74, 6) is 0.209. The lowest BCUT2D eigenvalue weighted by atomic mass is 9.85. The van der Waals surface area contributed by atoms with Crippen LogP contribution in [-0.2, 0) is 14.3 Å². The van der Waals surface area contributed by atoms with E-state index < -0.39 is 0 Å². The first-order valence-corrected chi connectivity index (χ1v) is 7.00. The van der Waals surface area contributed by atoms with Gasteiger partial charge in [-0.05, 0) is 38.5 Å². The van der Waals surface area contributed by atoms with E-state index in [1.807, 2.05) is 13.8 Å². The molecule has 0 atom stereocenters. The first-order valence-electron chi connectivity index (χ1n) is 7.00. The molecule has 0 radical (unpaired) electrons. The van der Waals surface area contributed by atoms with Crippen LogP contribution in [-0.4, -0.2) is 25.0 Å². The summed E-state index contributed by atoms with van der Waals surface area (Å²) in [5, 5.41) is 3.11. The summed E-state index contributed by atoms with van der Waals surface area (Å²) >= 11 is 0. The first kappa shape index (κ1) is 15.0. The van der Waals surface area contributed by atoms with E-state index >= 15 is 0 Å². The van der Waals surface area contributed by atoms with Crippen LogP contribution >= 0.6 is 0 Å². The topological polar surface area (TPSA) is 55.4 Å². The highest BCUT2D eigenvalue weighted by Gasteiger charge is 2.28. The number of hydrogen-bond acceptors (Lipinski definition) is 3. The highest BCUT2D eigenvalue weighted by molar-refractivity contribution is 5.79. The third kappa shape index (κ3) is 4.00.